The monoisotopic (exact) mass is 634 g/mol. The van der Waals surface area contributed by atoms with Crippen LogP contribution in [0, 0.1) is 129 Å². The topological polar surface area (TPSA) is 105 Å². The molecule has 0 saturated heterocycles. The lowest BCUT2D eigenvalue weighted by molar-refractivity contribution is -0.401. The van der Waals surface area contributed by atoms with Gasteiger partial charge in [-0.25, -0.2) is 0 Å². The van der Waals surface area contributed by atoms with Gasteiger partial charge >= 0.3 is 23.9 Å². The first-order valence-electron chi connectivity index (χ1n) is 18.4. The summed E-state index contributed by atoms with van der Waals surface area (Å²) in [5.74, 6) is 5.82. The van der Waals surface area contributed by atoms with Crippen LogP contribution in [0.25, 0.3) is 0 Å². The van der Waals surface area contributed by atoms with E-state index in [2.05, 4.69) is 13.8 Å². The van der Waals surface area contributed by atoms with Crippen molar-refractivity contribution < 1.29 is 38.1 Å². The highest BCUT2D eigenvalue weighted by Crippen LogP contribution is 2.96. The third kappa shape index (κ3) is 2.70. The van der Waals surface area contributed by atoms with E-state index < -0.39 is 0 Å². The van der Waals surface area contributed by atoms with Gasteiger partial charge < -0.3 is 18.9 Å². The molecule has 250 valence electrons. The summed E-state index contributed by atoms with van der Waals surface area (Å²) in [6, 6.07) is 0. The minimum absolute atomic E-state index is 0.211. The molecule has 0 amide bonds. The molecule has 8 bridgehead atoms. The number of methoxy groups -OCH3 is 4. The predicted molar refractivity (Wildman–Crippen MR) is 162 cm³/mol. The van der Waals surface area contributed by atoms with Gasteiger partial charge in [0.1, 0.15) is 0 Å². The van der Waals surface area contributed by atoms with Crippen LogP contribution in [0.4, 0.5) is 0 Å². The molecule has 12 aliphatic rings. The second kappa shape index (κ2) is 8.91. The van der Waals surface area contributed by atoms with Gasteiger partial charge in [-0.2, -0.15) is 0 Å². The first-order chi connectivity index (χ1) is 22.1. The third-order valence-corrected chi connectivity index (χ3v) is 18.7. The summed E-state index contributed by atoms with van der Waals surface area (Å²) < 4.78 is 21.4. The van der Waals surface area contributed by atoms with Crippen LogP contribution < -0.4 is 0 Å². The Labute approximate surface area is 271 Å². The molecular formula is C38H50O8. The van der Waals surface area contributed by atoms with Gasteiger partial charge in [-0.1, -0.05) is 13.8 Å². The smallest absolute Gasteiger partial charge is 0.309 e. The zero-order chi connectivity index (χ0) is 31.9. The average Bonchev–Trinajstić information content (AvgIpc) is 3.87. The molecule has 0 aromatic carbocycles. The largest absolute Gasteiger partial charge is 0.469 e. The van der Waals surface area contributed by atoms with Crippen molar-refractivity contribution in [3.05, 3.63) is 0 Å². The zero-order valence-corrected chi connectivity index (χ0v) is 28.1. The van der Waals surface area contributed by atoms with Crippen LogP contribution in [0.2, 0.25) is 0 Å². The normalized spacial score (nSPS) is 61.3. The number of carbonyl (C=O) groups is 4. The second-order valence-electron chi connectivity index (χ2n) is 18.1. The molecule has 0 heterocycles. The van der Waals surface area contributed by atoms with Crippen molar-refractivity contribution in [2.75, 3.05) is 28.4 Å². The highest BCUT2D eigenvalue weighted by molar-refractivity contribution is 5.84. The summed E-state index contributed by atoms with van der Waals surface area (Å²) in [4.78, 5) is 53.2. The molecule has 12 rings (SSSR count). The predicted octanol–water partition coefficient (Wildman–Crippen LogP) is 4.49. The molecule has 0 N–H and O–H groups in total. The molecule has 12 fully saturated rings. The van der Waals surface area contributed by atoms with Gasteiger partial charge in [-0.05, 0) is 144 Å². The van der Waals surface area contributed by atoms with E-state index in [0.29, 0.717) is 71.0 Å². The Bertz CT molecular complexity index is 1230. The lowest BCUT2D eigenvalue weighted by atomic mass is 9.17. The lowest BCUT2D eigenvalue weighted by Gasteiger charge is -2.86. The maximum atomic E-state index is 13.3. The molecule has 8 heteroatoms. The minimum Gasteiger partial charge on any atom is -0.469 e. The van der Waals surface area contributed by atoms with E-state index in [1.807, 2.05) is 0 Å². The average molecular weight is 635 g/mol. The SMILES string of the molecule is COC(=O)C1C(C(=O)OC)[C@H]2CC[C@H]1[C@@H]1[C@@H]3C[C@H]([C@@H]12)[C@@H]1[C@H]3C2(C)[C@@H]3[C@@H]4C[C@@H]([C@H]5[C@H]6CC[C@H]([C@@H](C(=O)OC)[C@@H]6C(=O)OC)[C@@H]45)[C@@H]3C12C. The first kappa shape index (κ1) is 28.9. The molecular weight excluding hydrogens is 584 g/mol. The molecule has 46 heavy (non-hydrogen) atoms. The molecule has 22 atom stereocenters. The van der Waals surface area contributed by atoms with Crippen molar-refractivity contribution in [1.82, 2.24) is 0 Å². The maximum absolute atomic E-state index is 13.3. The van der Waals surface area contributed by atoms with Gasteiger partial charge in [0.05, 0.1) is 52.1 Å². The number of fused-ring (bicyclic) bond motifs is 19. The zero-order valence-electron chi connectivity index (χ0n) is 28.1. The second-order valence-corrected chi connectivity index (χ2v) is 18.1. The number of ether oxygens (including phenoxy) is 4. The lowest BCUT2D eigenvalue weighted by Crippen LogP contribution is -2.83. The van der Waals surface area contributed by atoms with Crippen molar-refractivity contribution >= 4 is 23.9 Å². The quantitative estimate of drug-likeness (QED) is 0.329. The van der Waals surface area contributed by atoms with Gasteiger partial charge in [0.15, 0.2) is 0 Å². The fourth-order valence-electron chi connectivity index (χ4n) is 18.5. The maximum Gasteiger partial charge on any atom is 0.309 e. The third-order valence-electron chi connectivity index (χ3n) is 18.7. The Hall–Kier alpha value is -2.12. The van der Waals surface area contributed by atoms with E-state index in [9.17, 15) is 19.2 Å². The van der Waals surface area contributed by atoms with Crippen molar-refractivity contribution in [3.63, 3.8) is 0 Å². The molecule has 12 saturated carbocycles. The molecule has 4 unspecified atom stereocenters. The van der Waals surface area contributed by atoms with E-state index in [4.69, 9.17) is 18.9 Å². The van der Waals surface area contributed by atoms with Gasteiger partial charge in [-0.15, -0.1) is 0 Å². The molecule has 0 aromatic rings. The Morgan fingerprint density at radius 2 is 0.630 bits per heavy atom. The van der Waals surface area contributed by atoms with Gasteiger partial charge in [-0.3, -0.25) is 19.2 Å². The van der Waals surface area contributed by atoms with Crippen molar-refractivity contribution in [1.29, 1.82) is 0 Å². The number of carbonyl (C=O) groups excluding carboxylic acids is 4. The first-order valence-corrected chi connectivity index (χ1v) is 18.4. The van der Waals surface area contributed by atoms with E-state index in [1.165, 1.54) is 41.3 Å². The summed E-state index contributed by atoms with van der Waals surface area (Å²) in [5.41, 5.74) is 0.574. The number of hydrogen-bond donors (Lipinski definition) is 0. The van der Waals surface area contributed by atoms with Crippen molar-refractivity contribution in [2.45, 2.75) is 52.4 Å². The van der Waals surface area contributed by atoms with Gasteiger partial charge in [0.25, 0.3) is 0 Å². The molecule has 0 radical (unpaired) electrons. The van der Waals surface area contributed by atoms with E-state index in [-0.39, 0.29) is 82.1 Å². The summed E-state index contributed by atoms with van der Waals surface area (Å²) in [6.45, 7) is 5.29. The molecule has 0 aromatic heterocycles. The summed E-state index contributed by atoms with van der Waals surface area (Å²) in [6.07, 6.45) is 6.60. The summed E-state index contributed by atoms with van der Waals surface area (Å²) >= 11 is 0. The van der Waals surface area contributed by atoms with Crippen LogP contribution in [0.3, 0.4) is 0 Å². The number of esters is 4. The van der Waals surface area contributed by atoms with Crippen molar-refractivity contribution in [3.8, 4) is 0 Å². The van der Waals surface area contributed by atoms with E-state index in [1.54, 1.807) is 0 Å². The Kier molecular flexibility index (Phi) is 5.59. The Morgan fingerprint density at radius 3 is 0.826 bits per heavy atom. The van der Waals surface area contributed by atoms with Crippen LogP contribution in [-0.2, 0) is 38.1 Å². The highest BCUT2D eigenvalue weighted by atomic mass is 16.5. The van der Waals surface area contributed by atoms with E-state index >= 15 is 0 Å². The number of rotatable bonds is 4. The molecule has 0 aliphatic heterocycles. The number of hydrogen-bond acceptors (Lipinski definition) is 8. The highest BCUT2D eigenvalue weighted by Gasteiger charge is 2.92. The van der Waals surface area contributed by atoms with Crippen LogP contribution >= 0.6 is 0 Å². The van der Waals surface area contributed by atoms with E-state index in [0.717, 1.165) is 25.7 Å². The van der Waals surface area contributed by atoms with Gasteiger partial charge in [0, 0.05) is 0 Å². The molecule has 8 nitrogen and oxygen atoms in total. The standard InChI is InChI=1S/C38H50O8/c1-37-29-17-11-19(23-15-9-7-13(21(17)23)25(33(39)43-3)27(15)35(41)45-5)31(29)38(37,2)32-20-12-18(30(32)37)22-14-8-10-16(24(20)22)28(36(42)46-6)26(14)34(40)44-4/h13-32H,7-12H2,1-6H3/t13-,14-,15-,16+,17-,18+,19+,20-,21+,22-,23-,24+,25?,26+,27?,28+,29-,30+,31+,32-,37?,38?/m0/s1. The fourth-order valence-corrected chi connectivity index (χ4v) is 18.5. The fraction of sp³-hybridized carbons (Fsp3) is 0.895. The minimum atomic E-state index is -0.372. The summed E-state index contributed by atoms with van der Waals surface area (Å²) in [5, 5.41) is 0. The van der Waals surface area contributed by atoms with Crippen molar-refractivity contribution in [2.24, 2.45) is 129 Å². The van der Waals surface area contributed by atoms with Crippen LogP contribution in [0.15, 0.2) is 0 Å². The summed E-state index contributed by atoms with van der Waals surface area (Å²) in [7, 11) is 5.88. The Morgan fingerprint density at radius 1 is 0.413 bits per heavy atom. The van der Waals surface area contributed by atoms with Crippen LogP contribution in [0.1, 0.15) is 52.4 Å². The molecule has 12 aliphatic carbocycles. The van der Waals surface area contributed by atoms with Gasteiger partial charge in [0.2, 0.25) is 0 Å². The Balaban J connectivity index is 1.01. The van der Waals surface area contributed by atoms with Crippen LogP contribution in [-0.4, -0.2) is 52.3 Å². The van der Waals surface area contributed by atoms with Crippen LogP contribution in [0.5, 0.6) is 0 Å². The molecule has 0 spiro atoms.